The minimum Gasteiger partial charge on any atom is -0.351 e. The molecule has 0 atom stereocenters. The number of rotatable bonds is 12. The fraction of sp³-hybridized carbons (Fsp3) is 0.867. The van der Waals surface area contributed by atoms with E-state index in [1.54, 1.807) is 0 Å². The molecule has 0 bridgehead atoms. The summed E-state index contributed by atoms with van der Waals surface area (Å²) in [5, 5.41) is 2.37. The van der Waals surface area contributed by atoms with E-state index >= 15 is 0 Å². The highest BCUT2D eigenvalue weighted by atomic mass is 19.4. The van der Waals surface area contributed by atoms with Crippen LogP contribution in [0.25, 0.3) is 0 Å². The number of nitrogens with zero attached hydrogens (tertiary/aromatic N) is 1. The second kappa shape index (κ2) is 10.7. The Labute approximate surface area is 181 Å². The molecule has 0 aliphatic heterocycles. The zero-order chi connectivity index (χ0) is 27.4. The van der Waals surface area contributed by atoms with Gasteiger partial charge < -0.3 is 15.5 Å². The highest BCUT2D eigenvalue weighted by Crippen LogP contribution is 2.47. The first kappa shape index (κ1) is 31.9. The molecular formula is C15H17F14N3O2. The van der Waals surface area contributed by atoms with E-state index in [-0.39, 0.29) is 25.9 Å². The topological polar surface area (TPSA) is 61.4 Å². The molecule has 0 unspecified atom stereocenters. The smallest absolute Gasteiger partial charge is 0.351 e. The number of halogens is 14. The maximum atomic E-state index is 13.1. The predicted octanol–water partition coefficient (Wildman–Crippen LogP) is 3.60. The number of nitrogens with one attached hydrogen (secondary N) is 2. The summed E-state index contributed by atoms with van der Waals surface area (Å²) in [6.45, 7) is -1.89. The van der Waals surface area contributed by atoms with Crippen molar-refractivity contribution in [1.82, 2.24) is 15.5 Å². The molecule has 0 aromatic carbocycles. The Morgan fingerprint density at radius 2 is 0.853 bits per heavy atom. The van der Waals surface area contributed by atoms with Crippen molar-refractivity contribution in [3.05, 3.63) is 0 Å². The number of alkyl halides is 14. The molecular weight excluding hydrogens is 520 g/mol. The molecule has 0 saturated heterocycles. The summed E-state index contributed by atoms with van der Waals surface area (Å²) in [7, 11) is 1.27. The van der Waals surface area contributed by atoms with Crippen LogP contribution in [0.5, 0.6) is 0 Å². The van der Waals surface area contributed by atoms with Crippen molar-refractivity contribution in [2.75, 3.05) is 33.2 Å². The van der Waals surface area contributed by atoms with E-state index in [2.05, 4.69) is 0 Å². The van der Waals surface area contributed by atoms with Crippen LogP contribution < -0.4 is 10.6 Å². The first-order valence-corrected chi connectivity index (χ1v) is 8.84. The van der Waals surface area contributed by atoms with Gasteiger partial charge in [-0.3, -0.25) is 9.59 Å². The van der Waals surface area contributed by atoms with E-state index in [1.807, 2.05) is 0 Å². The fourth-order valence-electron chi connectivity index (χ4n) is 2.08. The molecule has 0 saturated carbocycles. The normalized spacial score (nSPS) is 14.4. The second-order valence-electron chi connectivity index (χ2n) is 6.82. The van der Waals surface area contributed by atoms with Crippen LogP contribution in [-0.2, 0) is 9.59 Å². The summed E-state index contributed by atoms with van der Waals surface area (Å²) >= 11 is 0. The number of carbonyl (C=O) groups excluding carboxylic acids is 2. The lowest BCUT2D eigenvalue weighted by Gasteiger charge is -2.27. The molecule has 0 fully saturated rings. The van der Waals surface area contributed by atoms with E-state index < -0.39 is 60.9 Å². The van der Waals surface area contributed by atoms with Crippen LogP contribution in [0.4, 0.5) is 61.5 Å². The van der Waals surface area contributed by atoms with Crippen LogP contribution in [-0.4, -0.2) is 86.0 Å². The monoisotopic (exact) mass is 537 g/mol. The minimum atomic E-state index is -6.70. The maximum Gasteiger partial charge on any atom is 0.460 e. The van der Waals surface area contributed by atoms with Crippen molar-refractivity contribution in [1.29, 1.82) is 0 Å². The van der Waals surface area contributed by atoms with Gasteiger partial charge in [-0.1, -0.05) is 0 Å². The zero-order valence-corrected chi connectivity index (χ0v) is 16.8. The highest BCUT2D eigenvalue weighted by molar-refractivity contribution is 5.85. The third-order valence-corrected chi connectivity index (χ3v) is 4.08. The van der Waals surface area contributed by atoms with E-state index in [0.717, 1.165) is 0 Å². The molecule has 5 nitrogen and oxygen atoms in total. The first-order valence-electron chi connectivity index (χ1n) is 8.84. The lowest BCUT2D eigenvalue weighted by molar-refractivity contribution is -0.344. The Morgan fingerprint density at radius 3 is 1.09 bits per heavy atom. The molecule has 0 aromatic heterocycles. The molecule has 0 aliphatic carbocycles. The second-order valence-corrected chi connectivity index (χ2v) is 6.82. The van der Waals surface area contributed by atoms with Crippen LogP contribution in [0, 0.1) is 0 Å². The zero-order valence-electron chi connectivity index (χ0n) is 16.8. The largest absolute Gasteiger partial charge is 0.460 e. The quantitative estimate of drug-likeness (QED) is 0.296. The predicted molar refractivity (Wildman–Crippen MR) is 84.6 cm³/mol. The third kappa shape index (κ3) is 6.97. The summed E-state index contributed by atoms with van der Waals surface area (Å²) in [5.41, 5.74) is 0. The number of amides is 2. The Balaban J connectivity index is 4.44. The Bertz CT molecular complexity index is 647. The van der Waals surface area contributed by atoms with Crippen LogP contribution >= 0.6 is 0 Å². The maximum absolute atomic E-state index is 13.1. The van der Waals surface area contributed by atoms with Crippen LogP contribution in [0.2, 0.25) is 0 Å². The molecule has 19 heteroatoms. The van der Waals surface area contributed by atoms with Gasteiger partial charge in [0.25, 0.3) is 11.8 Å². The molecule has 2 N–H and O–H groups in total. The van der Waals surface area contributed by atoms with Gasteiger partial charge in [0.05, 0.1) is 0 Å². The molecule has 0 aliphatic rings. The van der Waals surface area contributed by atoms with Gasteiger partial charge in [-0.2, -0.15) is 61.5 Å². The van der Waals surface area contributed by atoms with Gasteiger partial charge in [0.1, 0.15) is 0 Å². The van der Waals surface area contributed by atoms with Gasteiger partial charge in [-0.25, -0.2) is 0 Å². The molecule has 0 spiro atoms. The lowest BCUT2D eigenvalue weighted by atomic mass is 10.1. The third-order valence-electron chi connectivity index (χ3n) is 4.08. The summed E-state index contributed by atoms with van der Waals surface area (Å²) in [5.74, 6) is -31.2. The average molecular weight is 537 g/mol. The van der Waals surface area contributed by atoms with Crippen molar-refractivity contribution in [2.24, 2.45) is 0 Å². The van der Waals surface area contributed by atoms with Gasteiger partial charge in [0, 0.05) is 13.1 Å². The van der Waals surface area contributed by atoms with Crippen molar-refractivity contribution in [2.45, 2.75) is 48.9 Å². The summed E-state index contributed by atoms with van der Waals surface area (Å²) in [4.78, 5) is 23.3. The molecule has 34 heavy (non-hydrogen) atoms. The van der Waals surface area contributed by atoms with Crippen LogP contribution in [0.1, 0.15) is 12.8 Å². The van der Waals surface area contributed by atoms with Gasteiger partial charge in [-0.05, 0) is 33.0 Å². The summed E-state index contributed by atoms with van der Waals surface area (Å²) in [6.07, 6.45) is -14.0. The van der Waals surface area contributed by atoms with Crippen molar-refractivity contribution >= 4 is 11.8 Å². The van der Waals surface area contributed by atoms with E-state index in [1.165, 1.54) is 22.6 Å². The SMILES string of the molecule is CN(CCCNC(=O)C(F)(F)C(F)(F)C(F)(F)F)CCCNC(=O)C(F)(F)C(F)(F)C(F)(F)F. The van der Waals surface area contributed by atoms with Crippen molar-refractivity contribution in [3.63, 3.8) is 0 Å². The summed E-state index contributed by atoms with van der Waals surface area (Å²) < 4.78 is 175. The fourth-order valence-corrected chi connectivity index (χ4v) is 2.08. The summed E-state index contributed by atoms with van der Waals surface area (Å²) in [6, 6.07) is 0. The standard InChI is InChI=1S/C15H17F14N3O2/c1-32(6-2-4-30-8(33)10(16,17)12(20,21)14(24,25)26)7-3-5-31-9(34)11(18,19)13(22,23)15(27,28)29/h2-7H2,1H3,(H,30,33)(H,31,34). The van der Waals surface area contributed by atoms with E-state index in [4.69, 9.17) is 0 Å². The van der Waals surface area contributed by atoms with Gasteiger partial charge in [0.2, 0.25) is 0 Å². The molecule has 0 radical (unpaired) electrons. The minimum absolute atomic E-state index is 0.155. The molecule has 202 valence electrons. The Morgan fingerprint density at radius 1 is 0.588 bits per heavy atom. The molecule has 0 aromatic rings. The van der Waals surface area contributed by atoms with Crippen LogP contribution in [0.15, 0.2) is 0 Å². The highest BCUT2D eigenvalue weighted by Gasteiger charge is 2.77. The Kier molecular flexibility index (Phi) is 10.0. The van der Waals surface area contributed by atoms with E-state index in [0.29, 0.717) is 0 Å². The molecule has 0 heterocycles. The Hall–Kier alpha value is -2.08. The number of hydrogen-bond donors (Lipinski definition) is 2. The van der Waals surface area contributed by atoms with Gasteiger partial charge in [-0.15, -0.1) is 0 Å². The number of hydrogen-bond acceptors (Lipinski definition) is 3. The molecule has 2 amide bonds. The van der Waals surface area contributed by atoms with E-state index in [9.17, 15) is 71.1 Å². The first-order chi connectivity index (χ1) is 14.9. The number of carbonyl (C=O) groups is 2. The van der Waals surface area contributed by atoms with Crippen molar-refractivity contribution < 1.29 is 71.1 Å². The molecule has 0 rings (SSSR count). The van der Waals surface area contributed by atoms with Gasteiger partial charge >= 0.3 is 36.0 Å². The van der Waals surface area contributed by atoms with Crippen molar-refractivity contribution in [3.8, 4) is 0 Å². The average Bonchev–Trinajstić information content (AvgIpc) is 2.65. The lowest BCUT2D eigenvalue weighted by Crippen LogP contribution is -2.59. The van der Waals surface area contributed by atoms with Crippen LogP contribution in [0.3, 0.4) is 0 Å². The van der Waals surface area contributed by atoms with Gasteiger partial charge in [0.15, 0.2) is 0 Å².